The maximum Gasteiger partial charge on any atom is 0.167 e. The summed E-state index contributed by atoms with van der Waals surface area (Å²) in [5.41, 5.74) is 0.336. The molecule has 1 aromatic heterocycles. The number of rotatable bonds is 1. The molecule has 0 saturated heterocycles. The van der Waals surface area contributed by atoms with E-state index >= 15 is 0 Å². The highest BCUT2D eigenvalue weighted by molar-refractivity contribution is 9.10. The van der Waals surface area contributed by atoms with E-state index in [0.29, 0.717) is 5.69 Å². The van der Waals surface area contributed by atoms with Crippen LogP contribution in [0.4, 0.5) is 4.39 Å². The molecule has 0 aliphatic rings. The second-order valence-electron chi connectivity index (χ2n) is 2.68. The topological polar surface area (TPSA) is 17.8 Å². The summed E-state index contributed by atoms with van der Waals surface area (Å²) < 4.78 is 15.7. The van der Waals surface area contributed by atoms with Gasteiger partial charge < -0.3 is 0 Å². The number of hydrogen-bond acceptors (Lipinski definition) is 1. The van der Waals surface area contributed by atoms with Crippen molar-refractivity contribution < 1.29 is 4.39 Å². The van der Waals surface area contributed by atoms with Crippen molar-refractivity contribution in [2.75, 3.05) is 0 Å². The van der Waals surface area contributed by atoms with Gasteiger partial charge in [-0.05, 0) is 28.1 Å². The van der Waals surface area contributed by atoms with Crippen molar-refractivity contribution in [2.24, 2.45) is 0 Å². The summed E-state index contributed by atoms with van der Waals surface area (Å²) in [4.78, 5) is 0. The zero-order valence-electron chi connectivity index (χ0n) is 6.92. The second-order valence-corrected chi connectivity index (χ2v) is 4.00. The number of benzene rings is 1. The van der Waals surface area contributed by atoms with Gasteiger partial charge in [-0.3, -0.25) is 0 Å². The second kappa shape index (κ2) is 3.71. The number of aromatic nitrogens is 2. The Labute approximate surface area is 93.4 Å². The van der Waals surface area contributed by atoms with E-state index in [9.17, 15) is 4.39 Å². The fourth-order valence-electron chi connectivity index (χ4n) is 1.10. The highest BCUT2D eigenvalue weighted by atomic mass is 79.9. The van der Waals surface area contributed by atoms with Crippen molar-refractivity contribution >= 4 is 27.5 Å². The maximum absolute atomic E-state index is 13.5. The van der Waals surface area contributed by atoms with E-state index in [1.54, 1.807) is 24.5 Å². The molecule has 1 heterocycles. The van der Waals surface area contributed by atoms with Crippen LogP contribution in [0, 0.1) is 5.82 Å². The lowest BCUT2D eigenvalue weighted by atomic mass is 10.3. The van der Waals surface area contributed by atoms with Crippen molar-refractivity contribution in [1.29, 1.82) is 0 Å². The Kier molecular flexibility index (Phi) is 2.56. The third-order valence-corrected chi connectivity index (χ3v) is 2.43. The van der Waals surface area contributed by atoms with E-state index in [2.05, 4.69) is 21.0 Å². The average Bonchev–Trinajstić information content (AvgIpc) is 2.57. The zero-order chi connectivity index (χ0) is 10.1. The number of hydrogen-bond donors (Lipinski definition) is 0. The van der Waals surface area contributed by atoms with Gasteiger partial charge in [0.1, 0.15) is 5.69 Å². The van der Waals surface area contributed by atoms with Gasteiger partial charge in [0.15, 0.2) is 5.82 Å². The molecule has 2 rings (SSSR count). The minimum absolute atomic E-state index is 0.0918. The smallest absolute Gasteiger partial charge is 0.167 e. The lowest BCUT2D eigenvalue weighted by Crippen LogP contribution is -1.97. The standard InChI is InChI=1S/C9H5BrClFN2/c10-6-4-13-14(5-6)8-3-1-2-7(11)9(8)12/h1-5H. The Morgan fingerprint density at radius 1 is 1.43 bits per heavy atom. The monoisotopic (exact) mass is 274 g/mol. The van der Waals surface area contributed by atoms with Crippen LogP contribution in [-0.4, -0.2) is 9.78 Å². The summed E-state index contributed by atoms with van der Waals surface area (Å²) in [7, 11) is 0. The highest BCUT2D eigenvalue weighted by Crippen LogP contribution is 2.21. The summed E-state index contributed by atoms with van der Waals surface area (Å²) in [6.45, 7) is 0. The van der Waals surface area contributed by atoms with Gasteiger partial charge in [0, 0.05) is 6.20 Å². The van der Waals surface area contributed by atoms with Crippen LogP contribution in [0.5, 0.6) is 0 Å². The molecule has 0 unspecified atom stereocenters. The molecular weight excluding hydrogens is 270 g/mol. The molecule has 0 radical (unpaired) electrons. The molecule has 14 heavy (non-hydrogen) atoms. The number of halogens is 3. The summed E-state index contributed by atoms with van der Waals surface area (Å²) in [6.07, 6.45) is 3.25. The molecule has 0 spiro atoms. The van der Waals surface area contributed by atoms with Crippen LogP contribution in [0.2, 0.25) is 5.02 Å². The molecule has 0 aliphatic carbocycles. The van der Waals surface area contributed by atoms with E-state index in [-0.39, 0.29) is 5.02 Å². The number of nitrogens with zero attached hydrogens (tertiary/aromatic N) is 2. The maximum atomic E-state index is 13.5. The van der Waals surface area contributed by atoms with Crippen molar-refractivity contribution in [3.05, 3.63) is 45.9 Å². The SMILES string of the molecule is Fc1c(Cl)cccc1-n1cc(Br)cn1. The van der Waals surface area contributed by atoms with Gasteiger partial charge in [-0.2, -0.15) is 5.10 Å². The van der Waals surface area contributed by atoms with Gasteiger partial charge in [0.2, 0.25) is 0 Å². The third-order valence-electron chi connectivity index (χ3n) is 1.73. The molecule has 0 bridgehead atoms. The van der Waals surface area contributed by atoms with Crippen LogP contribution >= 0.6 is 27.5 Å². The molecule has 0 atom stereocenters. The fourth-order valence-corrected chi connectivity index (χ4v) is 1.56. The summed E-state index contributed by atoms with van der Waals surface area (Å²) in [5, 5.41) is 4.05. The van der Waals surface area contributed by atoms with Gasteiger partial charge in [-0.25, -0.2) is 9.07 Å². The van der Waals surface area contributed by atoms with Gasteiger partial charge in [0.05, 0.1) is 15.7 Å². The van der Waals surface area contributed by atoms with Gasteiger partial charge >= 0.3 is 0 Å². The Morgan fingerprint density at radius 3 is 2.86 bits per heavy atom. The van der Waals surface area contributed by atoms with E-state index in [4.69, 9.17) is 11.6 Å². The van der Waals surface area contributed by atoms with E-state index in [1.807, 2.05) is 0 Å². The molecular formula is C9H5BrClFN2. The Balaban J connectivity index is 2.57. The quantitative estimate of drug-likeness (QED) is 0.780. The average molecular weight is 276 g/mol. The highest BCUT2D eigenvalue weighted by Gasteiger charge is 2.08. The van der Waals surface area contributed by atoms with Crippen LogP contribution in [0.1, 0.15) is 0 Å². The molecule has 0 N–H and O–H groups in total. The van der Waals surface area contributed by atoms with E-state index < -0.39 is 5.82 Å². The van der Waals surface area contributed by atoms with Crippen molar-refractivity contribution in [3.8, 4) is 5.69 Å². The Bertz CT molecular complexity index is 470. The third kappa shape index (κ3) is 1.67. The fraction of sp³-hybridized carbons (Fsp3) is 0. The largest absolute Gasteiger partial charge is 0.237 e. The lowest BCUT2D eigenvalue weighted by molar-refractivity contribution is 0.611. The van der Waals surface area contributed by atoms with Crippen LogP contribution in [0.15, 0.2) is 35.1 Å². The summed E-state index contributed by atoms with van der Waals surface area (Å²) in [5.74, 6) is -0.468. The minimum atomic E-state index is -0.468. The molecule has 72 valence electrons. The van der Waals surface area contributed by atoms with Gasteiger partial charge in [-0.15, -0.1) is 0 Å². The first-order chi connectivity index (χ1) is 6.68. The van der Waals surface area contributed by atoms with Crippen molar-refractivity contribution in [3.63, 3.8) is 0 Å². The molecule has 0 saturated carbocycles. The van der Waals surface area contributed by atoms with Crippen LogP contribution in [-0.2, 0) is 0 Å². The first-order valence-corrected chi connectivity index (χ1v) is 5.00. The zero-order valence-corrected chi connectivity index (χ0v) is 9.26. The van der Waals surface area contributed by atoms with Crippen LogP contribution < -0.4 is 0 Å². The molecule has 1 aromatic carbocycles. The Morgan fingerprint density at radius 2 is 2.21 bits per heavy atom. The molecule has 0 aliphatic heterocycles. The van der Waals surface area contributed by atoms with Crippen LogP contribution in [0.25, 0.3) is 5.69 Å². The van der Waals surface area contributed by atoms with E-state index in [1.165, 1.54) is 10.7 Å². The predicted octanol–water partition coefficient (Wildman–Crippen LogP) is 3.43. The first-order valence-electron chi connectivity index (χ1n) is 3.83. The molecule has 5 heteroatoms. The van der Waals surface area contributed by atoms with Crippen LogP contribution in [0.3, 0.4) is 0 Å². The molecule has 0 amide bonds. The Hall–Kier alpha value is -0.870. The summed E-state index contributed by atoms with van der Waals surface area (Å²) in [6, 6.07) is 4.79. The van der Waals surface area contributed by atoms with E-state index in [0.717, 1.165) is 4.47 Å². The molecule has 2 aromatic rings. The lowest BCUT2D eigenvalue weighted by Gasteiger charge is -2.03. The normalized spacial score (nSPS) is 10.5. The van der Waals surface area contributed by atoms with Crippen molar-refractivity contribution in [2.45, 2.75) is 0 Å². The molecule has 0 fully saturated rings. The molecule has 2 nitrogen and oxygen atoms in total. The first kappa shape index (κ1) is 9.68. The van der Waals surface area contributed by atoms with Gasteiger partial charge in [-0.1, -0.05) is 17.7 Å². The van der Waals surface area contributed by atoms with Gasteiger partial charge in [0.25, 0.3) is 0 Å². The summed E-state index contributed by atoms with van der Waals surface area (Å²) >= 11 is 8.88. The van der Waals surface area contributed by atoms with Crippen molar-refractivity contribution in [1.82, 2.24) is 9.78 Å². The minimum Gasteiger partial charge on any atom is -0.237 e. The predicted molar refractivity (Wildman–Crippen MR) is 56.2 cm³/mol.